The summed E-state index contributed by atoms with van der Waals surface area (Å²) >= 11 is 0. The number of anilines is 1. The smallest absolute Gasteiger partial charge is 0.312 e. The fraction of sp³-hybridized carbons (Fsp3) is 0.476. The van der Waals surface area contributed by atoms with E-state index in [4.69, 9.17) is 15.2 Å². The molecule has 0 aliphatic carbocycles. The van der Waals surface area contributed by atoms with Crippen LogP contribution in [-0.4, -0.2) is 47.0 Å². The molecule has 1 aliphatic rings. The van der Waals surface area contributed by atoms with Gasteiger partial charge < -0.3 is 19.8 Å². The molecule has 0 unspecified atom stereocenters. The number of aromatic nitrogens is 4. The highest BCUT2D eigenvalue weighted by atomic mass is 32.2. The summed E-state index contributed by atoms with van der Waals surface area (Å²) in [5.74, 6) is 2.00. The van der Waals surface area contributed by atoms with Gasteiger partial charge in [0.15, 0.2) is 28.5 Å². The molecular weight excluding hydrogens is 451 g/mol. The van der Waals surface area contributed by atoms with Gasteiger partial charge in [-0.25, -0.2) is 18.1 Å². The molecule has 3 aromatic rings. The van der Waals surface area contributed by atoms with Gasteiger partial charge in [0.25, 0.3) is 0 Å². The van der Waals surface area contributed by atoms with Crippen molar-refractivity contribution < 1.29 is 22.3 Å². The molecule has 0 fully saturated rings. The van der Waals surface area contributed by atoms with Crippen molar-refractivity contribution in [3.05, 3.63) is 35.2 Å². The number of benzene rings is 1. The molecule has 0 atom stereocenters. The molecule has 0 bridgehead atoms. The summed E-state index contributed by atoms with van der Waals surface area (Å²) in [4.78, 5) is 12.1. The second-order valence-corrected chi connectivity index (χ2v) is 10.3. The van der Waals surface area contributed by atoms with Crippen molar-refractivity contribution in [2.75, 3.05) is 24.8 Å². The summed E-state index contributed by atoms with van der Waals surface area (Å²) in [7, 11) is -3.35. The Hall–Kier alpha value is -2.99. The SMILES string of the molecule is Cc1cc2c(cc1Cc1nc3c(N)nc(F)nc3n1CCCNS(=O)(=O)CC(C)C)OCO2. The summed E-state index contributed by atoms with van der Waals surface area (Å²) in [6.07, 6.45) is -0.0648. The van der Waals surface area contributed by atoms with Crippen LogP contribution >= 0.6 is 0 Å². The summed E-state index contributed by atoms with van der Waals surface area (Å²) in [5.41, 5.74) is 8.44. The van der Waals surface area contributed by atoms with Crippen molar-refractivity contribution in [1.29, 1.82) is 0 Å². The van der Waals surface area contributed by atoms with Crippen molar-refractivity contribution in [3.63, 3.8) is 0 Å². The zero-order valence-corrected chi connectivity index (χ0v) is 19.6. The number of ether oxygens (including phenoxy) is 2. The van der Waals surface area contributed by atoms with Gasteiger partial charge in [-0.2, -0.15) is 14.4 Å². The highest BCUT2D eigenvalue weighted by Crippen LogP contribution is 2.35. The second-order valence-electron chi connectivity index (χ2n) is 8.46. The Bertz CT molecular complexity index is 1290. The molecule has 0 radical (unpaired) electrons. The molecule has 10 nitrogen and oxygen atoms in total. The maximum Gasteiger partial charge on any atom is 0.312 e. The van der Waals surface area contributed by atoms with Crippen LogP contribution in [0.4, 0.5) is 10.2 Å². The van der Waals surface area contributed by atoms with Gasteiger partial charge in [0.1, 0.15) is 5.82 Å². The Balaban J connectivity index is 1.60. The van der Waals surface area contributed by atoms with Gasteiger partial charge in [0.05, 0.1) is 5.75 Å². The number of aryl methyl sites for hydroxylation is 2. The van der Waals surface area contributed by atoms with Crippen molar-refractivity contribution in [2.45, 2.75) is 40.2 Å². The van der Waals surface area contributed by atoms with Crippen LogP contribution in [0.5, 0.6) is 11.5 Å². The lowest BCUT2D eigenvalue weighted by atomic mass is 10.0. The number of nitrogen functional groups attached to an aromatic ring is 1. The largest absolute Gasteiger partial charge is 0.454 e. The molecule has 178 valence electrons. The molecule has 1 aromatic carbocycles. The Morgan fingerprint density at radius 3 is 2.67 bits per heavy atom. The zero-order chi connectivity index (χ0) is 23.8. The van der Waals surface area contributed by atoms with Crippen LogP contribution in [0.3, 0.4) is 0 Å². The molecule has 12 heteroatoms. The average molecular weight is 479 g/mol. The number of hydrogen-bond acceptors (Lipinski definition) is 8. The van der Waals surface area contributed by atoms with Gasteiger partial charge in [-0.1, -0.05) is 13.8 Å². The number of fused-ring (bicyclic) bond motifs is 2. The minimum atomic E-state index is -3.35. The first-order chi connectivity index (χ1) is 15.6. The quantitative estimate of drug-likeness (QED) is 0.353. The molecule has 0 amide bonds. The standard InChI is InChI=1S/C21H27FN6O4S/c1-12(2)10-33(29,30)24-5-4-6-28-17(25-18-19(23)26-21(22)27-20(18)28)9-14-8-16-15(7-13(14)3)31-11-32-16/h7-8,12,24H,4-6,9-11H2,1-3H3,(H2,23,26,27). The van der Waals surface area contributed by atoms with Gasteiger partial charge in [-0.15, -0.1) is 0 Å². The molecule has 0 saturated carbocycles. The molecule has 0 saturated heterocycles. The molecule has 33 heavy (non-hydrogen) atoms. The number of halogens is 1. The van der Waals surface area contributed by atoms with Crippen LogP contribution in [0.2, 0.25) is 0 Å². The highest BCUT2D eigenvalue weighted by molar-refractivity contribution is 7.89. The molecule has 3 N–H and O–H groups in total. The Labute approximate surface area is 191 Å². The van der Waals surface area contributed by atoms with Crippen molar-refractivity contribution >= 4 is 27.0 Å². The first kappa shape index (κ1) is 23.2. The minimum Gasteiger partial charge on any atom is -0.454 e. The lowest BCUT2D eigenvalue weighted by Crippen LogP contribution is -2.30. The number of sulfonamides is 1. The Kier molecular flexibility index (Phi) is 6.39. The van der Waals surface area contributed by atoms with E-state index in [1.54, 1.807) is 4.57 Å². The van der Waals surface area contributed by atoms with E-state index in [0.717, 1.165) is 11.1 Å². The minimum absolute atomic E-state index is 0.0271. The monoisotopic (exact) mass is 478 g/mol. The summed E-state index contributed by atoms with van der Waals surface area (Å²) in [6.45, 7) is 6.44. The van der Waals surface area contributed by atoms with Gasteiger partial charge in [0, 0.05) is 19.5 Å². The van der Waals surface area contributed by atoms with Crippen LogP contribution in [0.1, 0.15) is 37.2 Å². The predicted octanol–water partition coefficient (Wildman–Crippen LogP) is 2.14. The van der Waals surface area contributed by atoms with E-state index >= 15 is 0 Å². The van der Waals surface area contributed by atoms with E-state index in [1.165, 1.54) is 0 Å². The first-order valence-corrected chi connectivity index (χ1v) is 12.3. The van der Waals surface area contributed by atoms with Crippen LogP contribution in [0.15, 0.2) is 12.1 Å². The predicted molar refractivity (Wildman–Crippen MR) is 121 cm³/mol. The van der Waals surface area contributed by atoms with Crippen LogP contribution in [-0.2, 0) is 23.0 Å². The van der Waals surface area contributed by atoms with Gasteiger partial charge in [-0.05, 0) is 42.5 Å². The Morgan fingerprint density at radius 2 is 1.94 bits per heavy atom. The van der Waals surface area contributed by atoms with Gasteiger partial charge in [-0.3, -0.25) is 0 Å². The number of rotatable bonds is 9. The molecule has 3 heterocycles. The number of hydrogen-bond donors (Lipinski definition) is 2. The normalized spacial score (nSPS) is 13.4. The van der Waals surface area contributed by atoms with Crippen LogP contribution < -0.4 is 19.9 Å². The summed E-state index contributed by atoms with van der Waals surface area (Å²) in [5, 5.41) is 0. The number of nitrogens with two attached hydrogens (primary N) is 1. The lowest BCUT2D eigenvalue weighted by Gasteiger charge is -2.12. The Morgan fingerprint density at radius 1 is 1.21 bits per heavy atom. The van der Waals surface area contributed by atoms with E-state index in [-0.39, 0.29) is 36.5 Å². The van der Waals surface area contributed by atoms with Gasteiger partial charge >= 0.3 is 6.08 Å². The van der Waals surface area contributed by atoms with E-state index in [9.17, 15) is 12.8 Å². The summed E-state index contributed by atoms with van der Waals surface area (Å²) < 4.78 is 53.4. The van der Waals surface area contributed by atoms with E-state index < -0.39 is 16.1 Å². The van der Waals surface area contributed by atoms with Crippen LogP contribution in [0, 0.1) is 18.9 Å². The van der Waals surface area contributed by atoms with Crippen molar-refractivity contribution in [3.8, 4) is 11.5 Å². The average Bonchev–Trinajstić information content (AvgIpc) is 3.29. The molecule has 4 rings (SSSR count). The number of nitrogens with one attached hydrogen (secondary N) is 1. The fourth-order valence-corrected chi connectivity index (χ4v) is 5.27. The molecule has 2 aromatic heterocycles. The maximum absolute atomic E-state index is 13.9. The fourth-order valence-electron chi connectivity index (χ4n) is 3.82. The number of nitrogens with zero attached hydrogens (tertiary/aromatic N) is 4. The summed E-state index contributed by atoms with van der Waals surface area (Å²) in [6, 6.07) is 3.80. The van der Waals surface area contributed by atoms with Crippen molar-refractivity contribution in [1.82, 2.24) is 24.2 Å². The molecular formula is C21H27FN6O4S. The van der Waals surface area contributed by atoms with E-state index in [1.807, 2.05) is 32.9 Å². The highest BCUT2D eigenvalue weighted by Gasteiger charge is 2.21. The van der Waals surface area contributed by atoms with E-state index in [0.29, 0.717) is 42.2 Å². The number of imidazole rings is 1. The molecule has 1 aliphatic heterocycles. The lowest BCUT2D eigenvalue weighted by molar-refractivity contribution is 0.174. The van der Waals surface area contributed by atoms with Crippen molar-refractivity contribution in [2.24, 2.45) is 5.92 Å². The molecule has 0 spiro atoms. The third kappa shape index (κ3) is 5.17. The maximum atomic E-state index is 13.9. The second kappa shape index (κ2) is 9.10. The first-order valence-electron chi connectivity index (χ1n) is 10.7. The van der Waals surface area contributed by atoms with E-state index in [2.05, 4.69) is 19.7 Å². The zero-order valence-electron chi connectivity index (χ0n) is 18.8. The van der Waals surface area contributed by atoms with Gasteiger partial charge in [0.2, 0.25) is 16.8 Å². The third-order valence-corrected chi connectivity index (χ3v) is 7.04. The topological polar surface area (TPSA) is 134 Å². The van der Waals surface area contributed by atoms with Crippen LogP contribution in [0.25, 0.3) is 11.2 Å². The third-order valence-electron chi connectivity index (χ3n) is 5.29.